The van der Waals surface area contributed by atoms with Gasteiger partial charge < -0.3 is 5.32 Å². The van der Waals surface area contributed by atoms with E-state index in [4.69, 9.17) is 0 Å². The third-order valence-corrected chi connectivity index (χ3v) is 7.70. The van der Waals surface area contributed by atoms with Crippen LogP contribution in [0.3, 0.4) is 0 Å². The zero-order valence-electron chi connectivity index (χ0n) is 17.4. The highest BCUT2D eigenvalue weighted by atomic mass is 32.2. The summed E-state index contributed by atoms with van der Waals surface area (Å²) < 4.78 is 27.0. The summed E-state index contributed by atoms with van der Waals surface area (Å²) in [7, 11) is -2.20. The number of fused-ring (bicyclic) bond motifs is 3. The lowest BCUT2D eigenvalue weighted by Crippen LogP contribution is -2.31. The predicted molar refractivity (Wildman–Crippen MR) is 123 cm³/mol. The van der Waals surface area contributed by atoms with Gasteiger partial charge in [-0.3, -0.25) is 9.10 Å². The van der Waals surface area contributed by atoms with E-state index in [0.717, 1.165) is 28.8 Å². The number of nitrogens with one attached hydrogen (secondary N) is 1. The van der Waals surface area contributed by atoms with Crippen molar-refractivity contribution in [2.45, 2.75) is 30.3 Å². The van der Waals surface area contributed by atoms with Gasteiger partial charge in [-0.25, -0.2) is 18.4 Å². The number of thioether (sulfide) groups is 1. The smallest absolute Gasteiger partial charge is 0.267 e. The Hall–Kier alpha value is -2.91. The van der Waals surface area contributed by atoms with Crippen molar-refractivity contribution in [3.63, 3.8) is 0 Å². The molecule has 2 heterocycles. The highest BCUT2D eigenvalue weighted by molar-refractivity contribution is 7.99. The lowest BCUT2D eigenvalue weighted by atomic mass is 10.1. The molecule has 0 radical (unpaired) electrons. The summed E-state index contributed by atoms with van der Waals surface area (Å²) in [5, 5.41) is 3.22. The standard InChI is InChI=1S/C22H22N4O3S2/c1-4-15-6-5-7-16(11-15)24-20(27)13-30-22-23-12-19-21(25-22)17-10-14(2)8-9-18(17)26(3)31(19,28)29/h5-12H,4,13H2,1-3H3,(H,24,27). The molecule has 0 bridgehead atoms. The molecule has 1 aromatic heterocycles. The minimum Gasteiger partial charge on any atom is -0.325 e. The van der Waals surface area contributed by atoms with Crippen molar-refractivity contribution in [3.8, 4) is 11.3 Å². The second kappa shape index (κ2) is 8.32. The molecule has 1 N–H and O–H groups in total. The van der Waals surface area contributed by atoms with Gasteiger partial charge in [0, 0.05) is 18.3 Å². The summed E-state index contributed by atoms with van der Waals surface area (Å²) in [6, 6.07) is 13.3. The molecule has 0 saturated carbocycles. The van der Waals surface area contributed by atoms with Gasteiger partial charge in [-0.15, -0.1) is 0 Å². The Morgan fingerprint density at radius 2 is 2.00 bits per heavy atom. The highest BCUT2D eigenvalue weighted by Gasteiger charge is 2.34. The first-order chi connectivity index (χ1) is 14.8. The van der Waals surface area contributed by atoms with Gasteiger partial charge in [0.25, 0.3) is 10.0 Å². The molecule has 31 heavy (non-hydrogen) atoms. The average Bonchev–Trinajstić information content (AvgIpc) is 2.76. The largest absolute Gasteiger partial charge is 0.325 e. The second-order valence-corrected chi connectivity index (χ2v) is 10.1. The number of carbonyl (C=O) groups excluding carboxylic acids is 1. The third-order valence-electron chi connectivity index (χ3n) is 5.07. The number of amides is 1. The molecule has 7 nitrogen and oxygen atoms in total. The predicted octanol–water partition coefficient (Wildman–Crippen LogP) is 3.88. The quantitative estimate of drug-likeness (QED) is 0.465. The van der Waals surface area contributed by atoms with Crippen LogP contribution >= 0.6 is 11.8 Å². The van der Waals surface area contributed by atoms with Gasteiger partial charge in [0.15, 0.2) is 5.16 Å². The van der Waals surface area contributed by atoms with Gasteiger partial charge in [0.05, 0.1) is 23.3 Å². The molecule has 3 aromatic rings. The monoisotopic (exact) mass is 454 g/mol. The molecule has 0 unspecified atom stereocenters. The van der Waals surface area contributed by atoms with Crippen molar-refractivity contribution in [3.05, 3.63) is 59.8 Å². The van der Waals surface area contributed by atoms with E-state index in [0.29, 0.717) is 16.5 Å². The molecule has 0 atom stereocenters. The van der Waals surface area contributed by atoms with Crippen LogP contribution in [-0.2, 0) is 21.2 Å². The Bertz CT molecular complexity index is 1280. The maximum Gasteiger partial charge on any atom is 0.267 e. The van der Waals surface area contributed by atoms with Crippen LogP contribution in [0, 0.1) is 6.92 Å². The molecule has 4 rings (SSSR count). The van der Waals surface area contributed by atoms with E-state index in [1.54, 1.807) is 6.07 Å². The lowest BCUT2D eigenvalue weighted by Gasteiger charge is -2.28. The van der Waals surface area contributed by atoms with Crippen molar-refractivity contribution >= 4 is 39.1 Å². The average molecular weight is 455 g/mol. The number of nitrogens with zero attached hydrogens (tertiary/aromatic N) is 3. The van der Waals surface area contributed by atoms with E-state index in [9.17, 15) is 13.2 Å². The zero-order chi connectivity index (χ0) is 22.2. The topological polar surface area (TPSA) is 92.3 Å². The molecule has 0 fully saturated rings. The Kier molecular flexibility index (Phi) is 5.72. The Balaban J connectivity index is 1.57. The summed E-state index contributed by atoms with van der Waals surface area (Å²) in [6.07, 6.45) is 2.21. The molecule has 0 spiro atoms. The van der Waals surface area contributed by atoms with E-state index in [1.165, 1.54) is 29.3 Å². The maximum atomic E-state index is 12.9. The molecule has 1 aliphatic rings. The van der Waals surface area contributed by atoms with E-state index in [1.807, 2.05) is 43.3 Å². The van der Waals surface area contributed by atoms with E-state index >= 15 is 0 Å². The molecular weight excluding hydrogens is 432 g/mol. The van der Waals surface area contributed by atoms with E-state index in [-0.39, 0.29) is 16.6 Å². The second-order valence-electron chi connectivity index (χ2n) is 7.25. The van der Waals surface area contributed by atoms with Gasteiger partial charge >= 0.3 is 0 Å². The highest BCUT2D eigenvalue weighted by Crippen LogP contribution is 2.41. The normalized spacial score (nSPS) is 14.0. The van der Waals surface area contributed by atoms with Crippen LogP contribution < -0.4 is 9.62 Å². The maximum absolute atomic E-state index is 12.9. The first kappa shape index (κ1) is 21.3. The molecule has 1 aliphatic heterocycles. The SMILES string of the molecule is CCc1cccc(NC(=O)CSc2ncc3c(n2)-c2cc(C)ccc2N(C)S3(=O)=O)c1. The number of benzene rings is 2. The number of aromatic nitrogens is 2. The first-order valence-electron chi connectivity index (χ1n) is 9.78. The van der Waals surface area contributed by atoms with Crippen molar-refractivity contribution < 1.29 is 13.2 Å². The first-order valence-corrected chi connectivity index (χ1v) is 12.2. The molecule has 1 amide bonds. The molecular formula is C22H22N4O3S2. The molecule has 0 aliphatic carbocycles. The number of anilines is 2. The molecule has 160 valence electrons. The van der Waals surface area contributed by atoms with Gasteiger partial charge in [0.2, 0.25) is 5.91 Å². The third kappa shape index (κ3) is 4.15. The Morgan fingerprint density at radius 3 is 2.77 bits per heavy atom. The van der Waals surface area contributed by atoms with Crippen molar-refractivity contribution in [2.75, 3.05) is 22.4 Å². The number of carbonyl (C=O) groups is 1. The van der Waals surface area contributed by atoms with E-state index in [2.05, 4.69) is 22.2 Å². The van der Waals surface area contributed by atoms with Crippen molar-refractivity contribution in [1.82, 2.24) is 9.97 Å². The summed E-state index contributed by atoms with van der Waals surface area (Å²) in [5.74, 6) is -0.0641. The fourth-order valence-electron chi connectivity index (χ4n) is 3.39. The van der Waals surface area contributed by atoms with Gasteiger partial charge in [-0.05, 0) is 43.2 Å². The minimum atomic E-state index is -3.72. The zero-order valence-corrected chi connectivity index (χ0v) is 19.0. The number of hydrogen-bond donors (Lipinski definition) is 1. The molecule has 9 heteroatoms. The van der Waals surface area contributed by atoms with Crippen LogP contribution in [0.4, 0.5) is 11.4 Å². The van der Waals surface area contributed by atoms with Crippen molar-refractivity contribution in [1.29, 1.82) is 0 Å². The van der Waals surface area contributed by atoms with Crippen molar-refractivity contribution in [2.24, 2.45) is 0 Å². The van der Waals surface area contributed by atoms with Crippen LogP contribution in [0.15, 0.2) is 58.7 Å². The summed E-state index contributed by atoms with van der Waals surface area (Å²) >= 11 is 1.17. The molecule has 0 saturated heterocycles. The summed E-state index contributed by atoms with van der Waals surface area (Å²) in [4.78, 5) is 21.1. The number of hydrogen-bond acceptors (Lipinski definition) is 6. The number of aryl methyl sites for hydroxylation is 2. The van der Waals surface area contributed by atoms with Crippen LogP contribution in [0.2, 0.25) is 0 Å². The fourth-order valence-corrected chi connectivity index (χ4v) is 5.31. The van der Waals surface area contributed by atoms with Gasteiger partial charge in [-0.1, -0.05) is 42.4 Å². The van der Waals surface area contributed by atoms with Crippen LogP contribution in [0.5, 0.6) is 0 Å². The number of sulfonamides is 1. The minimum absolute atomic E-state index is 0.0679. The van der Waals surface area contributed by atoms with Gasteiger partial charge in [-0.2, -0.15) is 0 Å². The summed E-state index contributed by atoms with van der Waals surface area (Å²) in [5.41, 5.74) is 4.56. The Morgan fingerprint density at radius 1 is 1.19 bits per heavy atom. The fraction of sp³-hybridized carbons (Fsp3) is 0.227. The Labute approximate surface area is 186 Å². The summed E-state index contributed by atoms with van der Waals surface area (Å²) in [6.45, 7) is 4.00. The van der Waals surface area contributed by atoms with Crippen LogP contribution in [0.25, 0.3) is 11.3 Å². The molecule has 2 aromatic carbocycles. The lowest BCUT2D eigenvalue weighted by molar-refractivity contribution is -0.113. The van der Waals surface area contributed by atoms with Gasteiger partial charge in [0.1, 0.15) is 4.90 Å². The van der Waals surface area contributed by atoms with E-state index < -0.39 is 10.0 Å². The van der Waals surface area contributed by atoms with Crippen LogP contribution in [-0.4, -0.2) is 37.1 Å². The van der Waals surface area contributed by atoms with Crippen LogP contribution in [0.1, 0.15) is 18.1 Å². The number of rotatable bonds is 5.